The highest BCUT2D eigenvalue weighted by Crippen LogP contribution is 2.66. The van der Waals surface area contributed by atoms with E-state index in [1.807, 2.05) is 18.2 Å². The minimum atomic E-state index is 0.669. The van der Waals surface area contributed by atoms with E-state index in [4.69, 9.17) is 17.3 Å². The Morgan fingerprint density at radius 1 is 1.18 bits per heavy atom. The standard InChI is InChI=1S/C14H17ClN2/c15-9-3-4-10(16)11(6-9)17-14-12-7-1-2-8(5-7)13(12)14/h3-4,6-8,12-14,17H,1-2,5,16H2. The topological polar surface area (TPSA) is 38.0 Å². The first-order valence-electron chi connectivity index (χ1n) is 6.55. The van der Waals surface area contributed by atoms with Gasteiger partial charge in [-0.15, -0.1) is 0 Å². The molecule has 3 N–H and O–H groups in total. The van der Waals surface area contributed by atoms with Crippen LogP contribution in [0.4, 0.5) is 11.4 Å². The summed E-state index contributed by atoms with van der Waals surface area (Å²) in [4.78, 5) is 0. The third-order valence-electron chi connectivity index (χ3n) is 5.07. The van der Waals surface area contributed by atoms with Gasteiger partial charge in [0.2, 0.25) is 0 Å². The third-order valence-corrected chi connectivity index (χ3v) is 5.31. The Morgan fingerprint density at radius 2 is 1.88 bits per heavy atom. The molecule has 3 aliphatic carbocycles. The van der Waals surface area contributed by atoms with Crippen LogP contribution in [0.3, 0.4) is 0 Å². The van der Waals surface area contributed by atoms with E-state index < -0.39 is 0 Å². The molecule has 0 aliphatic heterocycles. The molecule has 3 saturated carbocycles. The zero-order chi connectivity index (χ0) is 11.6. The molecule has 2 nitrogen and oxygen atoms in total. The number of fused-ring (bicyclic) bond motifs is 5. The van der Waals surface area contributed by atoms with Gasteiger partial charge in [0.25, 0.3) is 0 Å². The molecule has 0 radical (unpaired) electrons. The second-order valence-electron chi connectivity index (χ2n) is 5.89. The molecular weight excluding hydrogens is 232 g/mol. The first-order valence-corrected chi connectivity index (χ1v) is 6.93. The van der Waals surface area contributed by atoms with Crippen molar-refractivity contribution in [3.63, 3.8) is 0 Å². The Hall–Kier alpha value is -0.890. The highest BCUT2D eigenvalue weighted by molar-refractivity contribution is 6.31. The van der Waals surface area contributed by atoms with Gasteiger partial charge in [-0.25, -0.2) is 0 Å². The second kappa shape index (κ2) is 3.32. The third kappa shape index (κ3) is 1.40. The lowest BCUT2D eigenvalue weighted by Gasteiger charge is -2.13. The Balaban J connectivity index is 1.54. The van der Waals surface area contributed by atoms with E-state index in [1.54, 1.807) is 0 Å². The Morgan fingerprint density at radius 3 is 2.59 bits per heavy atom. The molecule has 0 amide bonds. The summed E-state index contributed by atoms with van der Waals surface area (Å²) < 4.78 is 0. The van der Waals surface area contributed by atoms with Crippen LogP contribution in [0.2, 0.25) is 5.02 Å². The zero-order valence-electron chi connectivity index (χ0n) is 9.70. The lowest BCUT2D eigenvalue weighted by Crippen LogP contribution is -2.13. The lowest BCUT2D eigenvalue weighted by atomic mass is 10.0. The average molecular weight is 249 g/mol. The number of rotatable bonds is 2. The van der Waals surface area contributed by atoms with Crippen molar-refractivity contribution in [1.29, 1.82) is 0 Å². The fourth-order valence-electron chi connectivity index (χ4n) is 4.35. The fraction of sp³-hybridized carbons (Fsp3) is 0.571. The second-order valence-corrected chi connectivity index (χ2v) is 6.33. The number of hydrogen-bond acceptors (Lipinski definition) is 2. The molecule has 90 valence electrons. The van der Waals surface area contributed by atoms with E-state index in [0.29, 0.717) is 6.04 Å². The molecule has 0 aromatic heterocycles. The van der Waals surface area contributed by atoms with Gasteiger partial charge in [-0.2, -0.15) is 0 Å². The summed E-state index contributed by atoms with van der Waals surface area (Å²) in [5.74, 6) is 3.82. The number of anilines is 2. The molecule has 1 aromatic rings. The lowest BCUT2D eigenvalue weighted by molar-refractivity contribution is 0.456. The van der Waals surface area contributed by atoms with Crippen LogP contribution >= 0.6 is 11.6 Å². The molecule has 4 rings (SSSR count). The van der Waals surface area contributed by atoms with E-state index >= 15 is 0 Å². The van der Waals surface area contributed by atoms with Gasteiger partial charge in [0.15, 0.2) is 0 Å². The first-order chi connectivity index (χ1) is 8.24. The number of nitrogen functional groups attached to an aromatic ring is 1. The van der Waals surface area contributed by atoms with Crippen molar-refractivity contribution in [1.82, 2.24) is 0 Å². The summed E-state index contributed by atoms with van der Waals surface area (Å²) in [6, 6.07) is 6.35. The van der Waals surface area contributed by atoms with Crippen LogP contribution in [0.25, 0.3) is 0 Å². The van der Waals surface area contributed by atoms with Crippen LogP contribution < -0.4 is 11.1 Å². The van der Waals surface area contributed by atoms with Crippen LogP contribution in [-0.4, -0.2) is 6.04 Å². The summed E-state index contributed by atoms with van der Waals surface area (Å²) in [6.45, 7) is 0. The van der Waals surface area contributed by atoms with Gasteiger partial charge in [-0.05, 0) is 61.1 Å². The van der Waals surface area contributed by atoms with Crippen molar-refractivity contribution in [2.24, 2.45) is 23.7 Å². The molecule has 1 aromatic carbocycles. The molecule has 3 heteroatoms. The van der Waals surface area contributed by atoms with Crippen molar-refractivity contribution >= 4 is 23.0 Å². The van der Waals surface area contributed by atoms with Gasteiger partial charge < -0.3 is 11.1 Å². The normalized spacial score (nSPS) is 41.4. The molecule has 4 unspecified atom stereocenters. The van der Waals surface area contributed by atoms with E-state index in [2.05, 4.69) is 5.32 Å². The minimum absolute atomic E-state index is 0.669. The van der Waals surface area contributed by atoms with Crippen LogP contribution in [0.5, 0.6) is 0 Å². The van der Waals surface area contributed by atoms with E-state index in [-0.39, 0.29) is 0 Å². The highest BCUT2D eigenvalue weighted by Gasteiger charge is 2.65. The predicted molar refractivity (Wildman–Crippen MR) is 71.1 cm³/mol. The first kappa shape index (κ1) is 10.1. The summed E-state index contributed by atoms with van der Waals surface area (Å²) in [7, 11) is 0. The maximum atomic E-state index is 6.02. The summed E-state index contributed by atoms with van der Waals surface area (Å²) in [5, 5.41) is 4.38. The predicted octanol–water partition coefficient (Wildman–Crippen LogP) is 3.38. The monoisotopic (exact) mass is 248 g/mol. The van der Waals surface area contributed by atoms with Gasteiger partial charge in [-0.3, -0.25) is 0 Å². The molecule has 3 fully saturated rings. The highest BCUT2D eigenvalue weighted by atomic mass is 35.5. The number of nitrogens with one attached hydrogen (secondary N) is 1. The fourth-order valence-corrected chi connectivity index (χ4v) is 4.52. The molecule has 3 aliphatic rings. The van der Waals surface area contributed by atoms with Gasteiger partial charge in [-0.1, -0.05) is 11.6 Å². The smallest absolute Gasteiger partial charge is 0.0591 e. The van der Waals surface area contributed by atoms with Gasteiger partial charge >= 0.3 is 0 Å². The van der Waals surface area contributed by atoms with Gasteiger partial charge in [0.1, 0.15) is 0 Å². The van der Waals surface area contributed by atoms with Crippen molar-refractivity contribution in [3.8, 4) is 0 Å². The van der Waals surface area contributed by atoms with Crippen LogP contribution in [-0.2, 0) is 0 Å². The van der Waals surface area contributed by atoms with E-state index in [9.17, 15) is 0 Å². The molecular formula is C14H17ClN2. The molecule has 17 heavy (non-hydrogen) atoms. The molecule has 0 spiro atoms. The quantitative estimate of drug-likeness (QED) is 0.788. The van der Waals surface area contributed by atoms with Crippen LogP contribution in [0.1, 0.15) is 19.3 Å². The van der Waals surface area contributed by atoms with Crippen LogP contribution in [0, 0.1) is 23.7 Å². The van der Waals surface area contributed by atoms with Gasteiger partial charge in [0.05, 0.1) is 11.4 Å². The molecule has 0 heterocycles. The summed E-state index contributed by atoms with van der Waals surface area (Å²) >= 11 is 6.02. The van der Waals surface area contributed by atoms with Crippen molar-refractivity contribution in [2.45, 2.75) is 25.3 Å². The number of halogens is 1. The number of nitrogens with two attached hydrogens (primary N) is 1. The Labute approximate surface area is 107 Å². The Bertz CT molecular complexity index is 457. The number of hydrogen-bond donors (Lipinski definition) is 2. The molecule has 0 saturated heterocycles. The van der Waals surface area contributed by atoms with Crippen molar-refractivity contribution < 1.29 is 0 Å². The van der Waals surface area contributed by atoms with Crippen molar-refractivity contribution in [3.05, 3.63) is 23.2 Å². The van der Waals surface area contributed by atoms with Gasteiger partial charge in [0, 0.05) is 11.1 Å². The summed E-state index contributed by atoms with van der Waals surface area (Å²) in [5.41, 5.74) is 7.82. The van der Waals surface area contributed by atoms with E-state index in [1.165, 1.54) is 19.3 Å². The van der Waals surface area contributed by atoms with E-state index in [0.717, 1.165) is 40.1 Å². The maximum Gasteiger partial charge on any atom is 0.0591 e. The SMILES string of the molecule is Nc1ccc(Cl)cc1NC1C2C3CCC(C3)C12. The average Bonchev–Trinajstić information content (AvgIpc) is 2.72. The molecule has 2 bridgehead atoms. The maximum absolute atomic E-state index is 6.02. The molecule has 4 atom stereocenters. The largest absolute Gasteiger partial charge is 0.397 e. The Kier molecular flexibility index (Phi) is 1.97. The van der Waals surface area contributed by atoms with Crippen molar-refractivity contribution in [2.75, 3.05) is 11.1 Å². The zero-order valence-corrected chi connectivity index (χ0v) is 10.5. The summed E-state index contributed by atoms with van der Waals surface area (Å²) in [6.07, 6.45) is 4.39. The minimum Gasteiger partial charge on any atom is -0.397 e. The number of benzene rings is 1. The van der Waals surface area contributed by atoms with Crippen LogP contribution in [0.15, 0.2) is 18.2 Å².